The molecule has 0 spiro atoms. The molecule has 1 aromatic carbocycles. The first-order valence-electron chi connectivity index (χ1n) is 7.13. The average Bonchev–Trinajstić information content (AvgIpc) is 2.85. The molecule has 20 heavy (non-hydrogen) atoms. The van der Waals surface area contributed by atoms with Crippen molar-refractivity contribution < 1.29 is 0 Å². The van der Waals surface area contributed by atoms with Crippen molar-refractivity contribution in [3.05, 3.63) is 58.4 Å². The zero-order valence-corrected chi connectivity index (χ0v) is 12.0. The summed E-state index contributed by atoms with van der Waals surface area (Å²) < 4.78 is 2.15. The summed E-state index contributed by atoms with van der Waals surface area (Å²) in [6.07, 6.45) is 7.27. The van der Waals surface area contributed by atoms with Crippen LogP contribution in [-0.4, -0.2) is 4.57 Å². The van der Waals surface area contributed by atoms with Gasteiger partial charge in [0.2, 0.25) is 0 Å². The lowest BCUT2D eigenvalue weighted by atomic mass is 9.96. The molecule has 0 saturated carbocycles. The lowest BCUT2D eigenvalue weighted by Crippen LogP contribution is -2.02. The van der Waals surface area contributed by atoms with Crippen molar-refractivity contribution in [1.29, 1.82) is 5.26 Å². The van der Waals surface area contributed by atoms with E-state index in [9.17, 15) is 5.26 Å². The highest BCUT2D eigenvalue weighted by molar-refractivity contribution is 5.64. The van der Waals surface area contributed by atoms with Crippen LogP contribution in [0.15, 0.2) is 36.0 Å². The fourth-order valence-corrected chi connectivity index (χ4v) is 2.81. The monoisotopic (exact) mass is 262 g/mol. The first kappa shape index (κ1) is 12.7. The predicted octanol–water partition coefficient (Wildman–Crippen LogP) is 4.26. The summed E-state index contributed by atoms with van der Waals surface area (Å²) in [6.45, 7) is 4.32. The molecule has 0 N–H and O–H groups in total. The number of allylic oxidation sites excluding steroid dienone is 1. The molecule has 1 aliphatic rings. The van der Waals surface area contributed by atoms with Crippen LogP contribution in [0.2, 0.25) is 0 Å². The Bertz CT molecular complexity index is 709. The van der Waals surface area contributed by atoms with Gasteiger partial charge in [0.25, 0.3) is 0 Å². The summed E-state index contributed by atoms with van der Waals surface area (Å²) in [5.74, 6) is 0. The standard InChI is InChI=1S/C18H18N2/c1-3-14-5-7-16(8-6-14)20-12-15(11-19)17-9-4-13(2)10-18(17)20/h5-8,10,12H,3-4,9H2,1-2H3. The Kier molecular flexibility index (Phi) is 3.20. The molecule has 0 fully saturated rings. The zero-order valence-electron chi connectivity index (χ0n) is 12.0. The number of aryl methyl sites for hydroxylation is 1. The van der Waals surface area contributed by atoms with Crippen LogP contribution in [0.5, 0.6) is 0 Å². The van der Waals surface area contributed by atoms with Crippen LogP contribution in [0.25, 0.3) is 11.8 Å². The second-order valence-electron chi connectivity index (χ2n) is 5.40. The highest BCUT2D eigenvalue weighted by Gasteiger charge is 2.18. The van der Waals surface area contributed by atoms with Crippen molar-refractivity contribution in [2.75, 3.05) is 0 Å². The van der Waals surface area contributed by atoms with Gasteiger partial charge in [-0.05, 0) is 55.5 Å². The molecule has 1 aromatic heterocycles. The van der Waals surface area contributed by atoms with Crippen LogP contribution in [0.4, 0.5) is 0 Å². The largest absolute Gasteiger partial charge is 0.316 e. The third-order valence-corrected chi connectivity index (χ3v) is 4.05. The van der Waals surface area contributed by atoms with Crippen molar-refractivity contribution in [3.8, 4) is 11.8 Å². The van der Waals surface area contributed by atoms with Gasteiger partial charge in [0.15, 0.2) is 0 Å². The number of fused-ring (bicyclic) bond motifs is 1. The number of nitriles is 1. The molecule has 2 aromatic rings. The average molecular weight is 262 g/mol. The normalized spacial score (nSPS) is 13.6. The number of rotatable bonds is 2. The highest BCUT2D eigenvalue weighted by Crippen LogP contribution is 2.30. The Morgan fingerprint density at radius 3 is 2.60 bits per heavy atom. The minimum Gasteiger partial charge on any atom is -0.316 e. The van der Waals surface area contributed by atoms with E-state index >= 15 is 0 Å². The van der Waals surface area contributed by atoms with Gasteiger partial charge >= 0.3 is 0 Å². The molecule has 0 aliphatic heterocycles. The third kappa shape index (κ3) is 2.06. The topological polar surface area (TPSA) is 28.7 Å². The first-order valence-corrected chi connectivity index (χ1v) is 7.13. The quantitative estimate of drug-likeness (QED) is 0.795. The molecule has 0 bridgehead atoms. The van der Waals surface area contributed by atoms with Gasteiger partial charge in [-0.3, -0.25) is 0 Å². The summed E-state index contributed by atoms with van der Waals surface area (Å²) in [6, 6.07) is 10.9. The van der Waals surface area contributed by atoms with E-state index in [4.69, 9.17) is 0 Å². The summed E-state index contributed by atoms with van der Waals surface area (Å²) in [5, 5.41) is 9.32. The minimum absolute atomic E-state index is 0.809. The van der Waals surface area contributed by atoms with Crippen LogP contribution in [-0.2, 0) is 12.8 Å². The van der Waals surface area contributed by atoms with Gasteiger partial charge in [-0.1, -0.05) is 24.6 Å². The van der Waals surface area contributed by atoms with Crippen LogP contribution in [0, 0.1) is 11.3 Å². The van der Waals surface area contributed by atoms with Crippen molar-refractivity contribution in [3.63, 3.8) is 0 Å². The fourth-order valence-electron chi connectivity index (χ4n) is 2.81. The minimum atomic E-state index is 0.809. The smallest absolute Gasteiger partial charge is 0.101 e. The van der Waals surface area contributed by atoms with Gasteiger partial charge in [-0.25, -0.2) is 0 Å². The Hall–Kier alpha value is -2.27. The third-order valence-electron chi connectivity index (χ3n) is 4.05. The second-order valence-corrected chi connectivity index (χ2v) is 5.40. The van der Waals surface area contributed by atoms with Crippen molar-refractivity contribution in [2.24, 2.45) is 0 Å². The lowest BCUT2D eigenvalue weighted by Gasteiger charge is -2.14. The maximum atomic E-state index is 9.32. The maximum absolute atomic E-state index is 9.32. The predicted molar refractivity (Wildman–Crippen MR) is 81.8 cm³/mol. The number of benzene rings is 1. The lowest BCUT2D eigenvalue weighted by molar-refractivity contribution is 0.909. The summed E-state index contributed by atoms with van der Waals surface area (Å²) in [5.41, 5.74) is 7.02. The fraction of sp³-hybridized carbons (Fsp3) is 0.278. The van der Waals surface area contributed by atoms with Gasteiger partial charge < -0.3 is 4.57 Å². The molecule has 100 valence electrons. The summed E-state index contributed by atoms with van der Waals surface area (Å²) >= 11 is 0. The maximum Gasteiger partial charge on any atom is 0.101 e. The van der Waals surface area contributed by atoms with Gasteiger partial charge in [0.1, 0.15) is 6.07 Å². The van der Waals surface area contributed by atoms with Gasteiger partial charge in [0, 0.05) is 11.9 Å². The molecule has 1 heterocycles. The van der Waals surface area contributed by atoms with E-state index in [2.05, 4.69) is 54.8 Å². The molecule has 0 radical (unpaired) electrons. The summed E-state index contributed by atoms with van der Waals surface area (Å²) in [4.78, 5) is 0. The van der Waals surface area contributed by atoms with Gasteiger partial charge in [0.05, 0.1) is 11.3 Å². The zero-order chi connectivity index (χ0) is 14.1. The Labute approximate surface area is 120 Å². The molecule has 3 rings (SSSR count). The van der Waals surface area contributed by atoms with E-state index in [0.717, 1.165) is 30.5 Å². The molecular weight excluding hydrogens is 244 g/mol. The Morgan fingerprint density at radius 1 is 1.20 bits per heavy atom. The molecule has 2 nitrogen and oxygen atoms in total. The molecule has 2 heteroatoms. The van der Waals surface area contributed by atoms with E-state index in [0.29, 0.717) is 0 Å². The molecule has 0 unspecified atom stereocenters. The number of nitrogens with zero attached hydrogens (tertiary/aromatic N) is 2. The summed E-state index contributed by atoms with van der Waals surface area (Å²) in [7, 11) is 0. The highest BCUT2D eigenvalue weighted by atomic mass is 15.0. The van der Waals surface area contributed by atoms with E-state index in [1.165, 1.54) is 22.4 Å². The molecule has 0 amide bonds. The van der Waals surface area contributed by atoms with E-state index in [1.807, 2.05) is 6.20 Å². The molecule has 1 aliphatic carbocycles. The first-order chi connectivity index (χ1) is 9.72. The van der Waals surface area contributed by atoms with Gasteiger partial charge in [-0.15, -0.1) is 0 Å². The number of hydrogen-bond donors (Lipinski definition) is 0. The molecule has 0 atom stereocenters. The van der Waals surface area contributed by atoms with E-state index in [1.54, 1.807) is 0 Å². The molecular formula is C18H18N2. The van der Waals surface area contributed by atoms with Crippen molar-refractivity contribution in [1.82, 2.24) is 4.57 Å². The Morgan fingerprint density at radius 2 is 1.95 bits per heavy atom. The van der Waals surface area contributed by atoms with Gasteiger partial charge in [-0.2, -0.15) is 5.26 Å². The van der Waals surface area contributed by atoms with Crippen LogP contribution >= 0.6 is 0 Å². The number of hydrogen-bond acceptors (Lipinski definition) is 1. The van der Waals surface area contributed by atoms with E-state index < -0.39 is 0 Å². The SMILES string of the molecule is CCc1ccc(-n2cc(C#N)c3c2C=C(C)CC3)cc1. The second kappa shape index (κ2) is 5.02. The Balaban J connectivity index is 2.15. The van der Waals surface area contributed by atoms with Crippen LogP contribution in [0.1, 0.15) is 42.7 Å². The van der Waals surface area contributed by atoms with E-state index in [-0.39, 0.29) is 0 Å². The van der Waals surface area contributed by atoms with Crippen LogP contribution in [0.3, 0.4) is 0 Å². The van der Waals surface area contributed by atoms with Crippen molar-refractivity contribution in [2.45, 2.75) is 33.1 Å². The van der Waals surface area contributed by atoms with Crippen molar-refractivity contribution >= 4 is 6.08 Å². The number of aromatic nitrogens is 1. The molecule has 0 saturated heterocycles. The van der Waals surface area contributed by atoms with Crippen LogP contribution < -0.4 is 0 Å².